The van der Waals surface area contributed by atoms with Crippen molar-refractivity contribution in [2.24, 2.45) is 5.92 Å². The van der Waals surface area contributed by atoms with E-state index in [1.165, 1.54) is 16.4 Å². The van der Waals surface area contributed by atoms with E-state index in [1.54, 1.807) is 0 Å². The van der Waals surface area contributed by atoms with Gasteiger partial charge in [-0.3, -0.25) is 0 Å². The smallest absolute Gasteiger partial charge is 0.337 e. The minimum absolute atomic E-state index is 0.0838. The third kappa shape index (κ3) is 3.17. The average molecular weight is 314 g/mol. The zero-order valence-electron chi connectivity index (χ0n) is 11.4. The summed E-state index contributed by atoms with van der Waals surface area (Å²) in [4.78, 5) is 11.0. The maximum Gasteiger partial charge on any atom is 0.337 e. The van der Waals surface area contributed by atoms with Crippen LogP contribution in [0.5, 0.6) is 0 Å². The van der Waals surface area contributed by atoms with Crippen LogP contribution in [0.3, 0.4) is 0 Å². The first-order valence-electron chi connectivity index (χ1n) is 6.60. The number of carboxylic acid groups (broad SMARTS) is 1. The van der Waals surface area contributed by atoms with Crippen molar-refractivity contribution < 1.29 is 23.4 Å². The number of anilines is 1. The summed E-state index contributed by atoms with van der Waals surface area (Å²) in [6.07, 6.45) is 1.40. The minimum Gasteiger partial charge on any atom is -0.478 e. The number of benzene rings is 1. The largest absolute Gasteiger partial charge is 0.478 e. The number of rotatable bonds is 4. The second-order valence-corrected chi connectivity index (χ2v) is 7.02. The lowest BCUT2D eigenvalue weighted by molar-refractivity contribution is 0.0692. The Labute approximate surface area is 123 Å². The molecule has 7 nitrogen and oxygen atoms in total. The molecule has 1 aromatic carbocycles. The first-order chi connectivity index (χ1) is 9.86. The number of carboxylic acids is 1. The number of hydrogen-bond donors (Lipinski definition) is 3. The summed E-state index contributed by atoms with van der Waals surface area (Å²) < 4.78 is 26.5. The van der Waals surface area contributed by atoms with Crippen LogP contribution in [0, 0.1) is 5.92 Å². The average Bonchev–Trinajstić information content (AvgIpc) is 2.46. The Morgan fingerprint density at radius 3 is 2.76 bits per heavy atom. The molecular weight excluding hydrogens is 296 g/mol. The van der Waals surface area contributed by atoms with Gasteiger partial charge in [-0.15, -0.1) is 0 Å². The van der Waals surface area contributed by atoms with E-state index in [1.807, 2.05) is 0 Å². The molecule has 0 aromatic heterocycles. The Balaban J connectivity index is 2.42. The second kappa shape index (κ2) is 6.00. The van der Waals surface area contributed by atoms with Crippen LogP contribution >= 0.6 is 0 Å². The van der Waals surface area contributed by atoms with Crippen LogP contribution in [0.2, 0.25) is 0 Å². The maximum absolute atomic E-state index is 12.6. The second-order valence-electron chi connectivity index (χ2n) is 5.11. The quantitative estimate of drug-likeness (QED) is 0.690. The Hall–Kier alpha value is -1.64. The third-order valence-electron chi connectivity index (χ3n) is 3.59. The summed E-state index contributed by atoms with van der Waals surface area (Å²) in [7, 11) is -3.91. The summed E-state index contributed by atoms with van der Waals surface area (Å²) in [6.45, 7) is 0.435. The molecule has 4 N–H and O–H groups in total. The van der Waals surface area contributed by atoms with Crippen LogP contribution in [0.15, 0.2) is 23.1 Å². The van der Waals surface area contributed by atoms with Gasteiger partial charge in [-0.1, -0.05) is 0 Å². The molecule has 0 amide bonds. The molecule has 0 spiro atoms. The van der Waals surface area contributed by atoms with Crippen LogP contribution in [-0.4, -0.2) is 48.6 Å². The highest BCUT2D eigenvalue weighted by molar-refractivity contribution is 7.89. The normalized spacial score (nSPS) is 20.3. The van der Waals surface area contributed by atoms with Crippen molar-refractivity contribution in [2.45, 2.75) is 17.7 Å². The van der Waals surface area contributed by atoms with Gasteiger partial charge in [0, 0.05) is 25.4 Å². The number of hydrogen-bond acceptors (Lipinski definition) is 5. The molecule has 1 fully saturated rings. The van der Waals surface area contributed by atoms with Crippen molar-refractivity contribution >= 4 is 21.7 Å². The maximum atomic E-state index is 12.6. The van der Waals surface area contributed by atoms with Crippen LogP contribution < -0.4 is 5.73 Å². The van der Waals surface area contributed by atoms with Gasteiger partial charge in [0.2, 0.25) is 10.0 Å². The third-order valence-corrected chi connectivity index (χ3v) is 5.52. The lowest BCUT2D eigenvalue weighted by Gasteiger charge is -2.31. The molecule has 1 unspecified atom stereocenters. The number of nitrogens with two attached hydrogens (primary N) is 1. The van der Waals surface area contributed by atoms with E-state index in [0.717, 1.165) is 12.5 Å². The fourth-order valence-electron chi connectivity index (χ4n) is 2.47. The van der Waals surface area contributed by atoms with E-state index in [-0.39, 0.29) is 35.2 Å². The number of aliphatic hydroxyl groups is 1. The van der Waals surface area contributed by atoms with Gasteiger partial charge in [-0.25, -0.2) is 13.2 Å². The number of nitrogen functional groups attached to an aromatic ring is 1. The Morgan fingerprint density at radius 2 is 2.14 bits per heavy atom. The number of sulfonamides is 1. The van der Waals surface area contributed by atoms with Gasteiger partial charge in [0.05, 0.1) is 10.5 Å². The highest BCUT2D eigenvalue weighted by Gasteiger charge is 2.32. The SMILES string of the molecule is Nc1ccc(S(=O)(=O)N2CCCC(CO)C2)c(C(=O)O)c1. The Morgan fingerprint density at radius 1 is 1.43 bits per heavy atom. The van der Waals surface area contributed by atoms with Crippen molar-refractivity contribution in [3.8, 4) is 0 Å². The highest BCUT2D eigenvalue weighted by Crippen LogP contribution is 2.27. The van der Waals surface area contributed by atoms with Gasteiger partial charge in [-0.2, -0.15) is 4.31 Å². The minimum atomic E-state index is -3.91. The molecule has 1 aliphatic heterocycles. The number of nitrogens with zero attached hydrogens (tertiary/aromatic N) is 1. The molecule has 2 rings (SSSR count). The first kappa shape index (κ1) is 15.7. The fraction of sp³-hybridized carbons (Fsp3) is 0.462. The van der Waals surface area contributed by atoms with Crippen LogP contribution in [0.1, 0.15) is 23.2 Å². The molecule has 21 heavy (non-hydrogen) atoms. The molecular formula is C13H18N2O5S. The number of carbonyl (C=O) groups is 1. The summed E-state index contributed by atoms with van der Waals surface area (Å²) >= 11 is 0. The van der Waals surface area contributed by atoms with Gasteiger partial charge in [-0.05, 0) is 37.0 Å². The fourth-order valence-corrected chi connectivity index (χ4v) is 4.19. The van der Waals surface area contributed by atoms with E-state index in [4.69, 9.17) is 5.73 Å². The van der Waals surface area contributed by atoms with E-state index >= 15 is 0 Å². The molecule has 0 saturated carbocycles. The molecule has 1 aromatic rings. The Kier molecular flexibility index (Phi) is 4.50. The summed E-state index contributed by atoms with van der Waals surface area (Å²) in [6, 6.07) is 3.73. The molecule has 0 radical (unpaired) electrons. The van der Waals surface area contributed by atoms with E-state index in [2.05, 4.69) is 0 Å². The predicted octanol–water partition coefficient (Wildman–Crippen LogP) is 0.360. The predicted molar refractivity (Wildman–Crippen MR) is 76.4 cm³/mol. The van der Waals surface area contributed by atoms with Crippen molar-refractivity contribution in [3.05, 3.63) is 23.8 Å². The van der Waals surface area contributed by atoms with E-state index < -0.39 is 16.0 Å². The summed E-state index contributed by atoms with van der Waals surface area (Å²) in [5.41, 5.74) is 5.39. The van der Waals surface area contributed by atoms with Gasteiger partial charge in [0.1, 0.15) is 0 Å². The van der Waals surface area contributed by atoms with Crippen molar-refractivity contribution in [1.82, 2.24) is 4.31 Å². The molecule has 0 aliphatic carbocycles. The molecule has 116 valence electrons. The zero-order valence-corrected chi connectivity index (χ0v) is 12.2. The summed E-state index contributed by atoms with van der Waals surface area (Å²) in [5.74, 6) is -1.45. The Bertz CT molecular complexity index is 644. The monoisotopic (exact) mass is 314 g/mol. The van der Waals surface area contributed by atoms with Crippen LogP contribution in [0.25, 0.3) is 0 Å². The number of aromatic carboxylic acids is 1. The number of piperidine rings is 1. The number of aliphatic hydroxyl groups excluding tert-OH is 1. The first-order valence-corrected chi connectivity index (χ1v) is 8.04. The topological polar surface area (TPSA) is 121 Å². The van der Waals surface area contributed by atoms with Gasteiger partial charge >= 0.3 is 5.97 Å². The standard InChI is InChI=1S/C13H18N2O5S/c14-10-3-4-12(11(6-10)13(17)18)21(19,20)15-5-1-2-9(7-15)8-16/h3-4,6,9,16H,1-2,5,7-8,14H2,(H,17,18). The van der Waals surface area contributed by atoms with Crippen molar-refractivity contribution in [2.75, 3.05) is 25.4 Å². The molecule has 1 heterocycles. The van der Waals surface area contributed by atoms with E-state index in [0.29, 0.717) is 13.0 Å². The van der Waals surface area contributed by atoms with Gasteiger partial charge in [0.25, 0.3) is 0 Å². The molecule has 0 bridgehead atoms. The molecule has 1 atom stereocenters. The van der Waals surface area contributed by atoms with Gasteiger partial charge in [0.15, 0.2) is 0 Å². The molecule has 1 aliphatic rings. The van der Waals surface area contributed by atoms with Crippen LogP contribution in [-0.2, 0) is 10.0 Å². The summed E-state index contributed by atoms with van der Waals surface area (Å²) in [5, 5.41) is 18.4. The molecule has 1 saturated heterocycles. The lowest BCUT2D eigenvalue weighted by atomic mass is 10.0. The van der Waals surface area contributed by atoms with E-state index in [9.17, 15) is 23.4 Å². The molecule has 8 heteroatoms. The van der Waals surface area contributed by atoms with Crippen molar-refractivity contribution in [3.63, 3.8) is 0 Å². The van der Waals surface area contributed by atoms with Crippen molar-refractivity contribution in [1.29, 1.82) is 0 Å². The lowest BCUT2D eigenvalue weighted by Crippen LogP contribution is -2.41. The van der Waals surface area contributed by atoms with Gasteiger partial charge < -0.3 is 15.9 Å². The van der Waals surface area contributed by atoms with Crippen LogP contribution in [0.4, 0.5) is 5.69 Å². The zero-order chi connectivity index (χ0) is 15.6. The highest BCUT2D eigenvalue weighted by atomic mass is 32.2.